The number of carbonyl (C=O) groups excluding carboxylic acids is 1. The number of ether oxygens (including phenoxy) is 2. The summed E-state index contributed by atoms with van der Waals surface area (Å²) in [5, 5.41) is 2.23. The molecule has 0 bridgehead atoms. The van der Waals surface area contributed by atoms with E-state index in [1.807, 2.05) is 24.3 Å². The lowest BCUT2D eigenvalue weighted by molar-refractivity contribution is 0.0209. The highest BCUT2D eigenvalue weighted by Crippen LogP contribution is 2.31. The highest BCUT2D eigenvalue weighted by molar-refractivity contribution is 6.35. The molecule has 0 amide bonds. The fourth-order valence-electron chi connectivity index (χ4n) is 1.68. The first-order valence-corrected chi connectivity index (χ1v) is 6.33. The van der Waals surface area contributed by atoms with Gasteiger partial charge in [0, 0.05) is 15.8 Å². The average Bonchev–Trinajstić information content (AvgIpc) is 2.31. The van der Waals surface area contributed by atoms with Crippen LogP contribution in [0.4, 0.5) is 4.79 Å². The van der Waals surface area contributed by atoms with Gasteiger partial charge in [0.1, 0.15) is 11.4 Å². The van der Waals surface area contributed by atoms with Crippen molar-refractivity contribution in [1.29, 1.82) is 0 Å². The van der Waals surface area contributed by atoms with Gasteiger partial charge in [-0.25, -0.2) is 4.79 Å². The van der Waals surface area contributed by atoms with Crippen LogP contribution < -0.4 is 4.74 Å². The predicted molar refractivity (Wildman–Crippen MR) is 75.8 cm³/mol. The second-order valence-electron chi connectivity index (χ2n) is 5.16. The third-order valence-corrected chi connectivity index (χ3v) is 2.74. The number of fused-ring (bicyclic) bond motifs is 1. The van der Waals surface area contributed by atoms with Crippen molar-refractivity contribution in [3.05, 3.63) is 41.4 Å². The molecular formula is C15H15ClO3. The zero-order valence-electron chi connectivity index (χ0n) is 11.1. The third-order valence-electron chi connectivity index (χ3n) is 2.41. The van der Waals surface area contributed by atoms with E-state index in [1.54, 1.807) is 32.9 Å². The summed E-state index contributed by atoms with van der Waals surface area (Å²) in [6.45, 7) is 5.36. The standard InChI is InChI=1S/C15H15ClO3/c1-15(2,3)19-14(17)18-13-9-8-12(16)10-6-4-5-7-11(10)13/h4-9H,1-3H3. The molecular weight excluding hydrogens is 264 g/mol. The Hall–Kier alpha value is -1.74. The van der Waals surface area contributed by atoms with Crippen LogP contribution in [0, 0.1) is 0 Å². The lowest BCUT2D eigenvalue weighted by Crippen LogP contribution is -2.26. The van der Waals surface area contributed by atoms with E-state index in [9.17, 15) is 4.79 Å². The maximum atomic E-state index is 11.7. The molecule has 0 saturated heterocycles. The molecule has 4 heteroatoms. The Balaban J connectivity index is 2.31. The summed E-state index contributed by atoms with van der Waals surface area (Å²) in [4.78, 5) is 11.7. The van der Waals surface area contributed by atoms with Crippen LogP contribution in [0.15, 0.2) is 36.4 Å². The molecule has 0 radical (unpaired) electrons. The summed E-state index contributed by atoms with van der Waals surface area (Å²) in [6.07, 6.45) is -0.722. The van der Waals surface area contributed by atoms with Crippen molar-refractivity contribution >= 4 is 28.5 Å². The molecule has 0 spiro atoms. The quantitative estimate of drug-likeness (QED) is 0.555. The van der Waals surface area contributed by atoms with Gasteiger partial charge in [0.2, 0.25) is 0 Å². The SMILES string of the molecule is CC(C)(C)OC(=O)Oc1ccc(Cl)c2ccccc12. The summed E-state index contributed by atoms with van der Waals surface area (Å²) in [6, 6.07) is 10.8. The summed E-state index contributed by atoms with van der Waals surface area (Å²) in [5.74, 6) is 0.439. The van der Waals surface area contributed by atoms with Crippen LogP contribution in [0.2, 0.25) is 5.02 Å². The van der Waals surface area contributed by atoms with E-state index in [1.165, 1.54) is 0 Å². The maximum absolute atomic E-state index is 11.7. The molecule has 2 aromatic carbocycles. The lowest BCUT2D eigenvalue weighted by Gasteiger charge is -2.19. The number of hydrogen-bond acceptors (Lipinski definition) is 3. The first-order valence-electron chi connectivity index (χ1n) is 5.95. The maximum Gasteiger partial charge on any atom is 0.514 e. The minimum atomic E-state index is -0.722. The molecule has 2 rings (SSSR count). The molecule has 0 unspecified atom stereocenters. The first kappa shape index (κ1) is 13.7. The molecule has 0 aliphatic heterocycles. The van der Waals surface area contributed by atoms with Crippen molar-refractivity contribution < 1.29 is 14.3 Å². The monoisotopic (exact) mass is 278 g/mol. The van der Waals surface area contributed by atoms with Crippen LogP contribution in [-0.2, 0) is 4.74 Å². The van der Waals surface area contributed by atoms with E-state index < -0.39 is 11.8 Å². The third kappa shape index (κ3) is 3.38. The van der Waals surface area contributed by atoms with Crippen molar-refractivity contribution in [2.24, 2.45) is 0 Å². The van der Waals surface area contributed by atoms with E-state index >= 15 is 0 Å². The number of rotatable bonds is 1. The Morgan fingerprint density at radius 1 is 1.05 bits per heavy atom. The molecule has 0 fully saturated rings. The van der Waals surface area contributed by atoms with Crippen molar-refractivity contribution in [3.63, 3.8) is 0 Å². The Labute approximate surface area is 117 Å². The molecule has 100 valence electrons. The second kappa shape index (κ2) is 5.10. The Kier molecular flexibility index (Phi) is 3.67. The zero-order valence-corrected chi connectivity index (χ0v) is 11.8. The van der Waals surface area contributed by atoms with Gasteiger partial charge in [0.15, 0.2) is 0 Å². The van der Waals surface area contributed by atoms with Crippen LogP contribution in [0.3, 0.4) is 0 Å². The first-order chi connectivity index (χ1) is 8.87. The minimum Gasteiger partial charge on any atom is -0.428 e. The molecule has 0 aliphatic carbocycles. The van der Waals surface area contributed by atoms with Crippen molar-refractivity contribution in [2.75, 3.05) is 0 Å². The van der Waals surface area contributed by atoms with Crippen LogP contribution in [0.1, 0.15) is 20.8 Å². The molecule has 0 aliphatic rings. The van der Waals surface area contributed by atoms with Gasteiger partial charge in [-0.1, -0.05) is 35.9 Å². The average molecular weight is 279 g/mol. The van der Waals surface area contributed by atoms with Crippen LogP contribution in [0.5, 0.6) is 5.75 Å². The fourth-order valence-corrected chi connectivity index (χ4v) is 1.91. The largest absolute Gasteiger partial charge is 0.514 e. The smallest absolute Gasteiger partial charge is 0.428 e. The minimum absolute atomic E-state index is 0.439. The van der Waals surface area contributed by atoms with Gasteiger partial charge in [-0.15, -0.1) is 0 Å². The Bertz CT molecular complexity index is 614. The lowest BCUT2D eigenvalue weighted by atomic mass is 10.1. The fraction of sp³-hybridized carbons (Fsp3) is 0.267. The van der Waals surface area contributed by atoms with Gasteiger partial charge in [-0.2, -0.15) is 0 Å². The summed E-state index contributed by atoms with van der Waals surface area (Å²) >= 11 is 6.10. The van der Waals surface area contributed by atoms with Crippen LogP contribution in [0.25, 0.3) is 10.8 Å². The molecule has 0 aromatic heterocycles. The van der Waals surface area contributed by atoms with Gasteiger partial charge in [-0.3, -0.25) is 0 Å². The molecule has 0 saturated carbocycles. The second-order valence-corrected chi connectivity index (χ2v) is 5.56. The highest BCUT2D eigenvalue weighted by atomic mass is 35.5. The molecule has 19 heavy (non-hydrogen) atoms. The summed E-state index contributed by atoms with van der Waals surface area (Å²) in [5.41, 5.74) is -0.584. The van der Waals surface area contributed by atoms with Crippen molar-refractivity contribution in [3.8, 4) is 5.75 Å². The molecule has 0 atom stereocenters. The normalized spacial score (nSPS) is 11.4. The van der Waals surface area contributed by atoms with E-state index in [2.05, 4.69) is 0 Å². The van der Waals surface area contributed by atoms with Crippen LogP contribution >= 0.6 is 11.6 Å². The molecule has 0 N–H and O–H groups in total. The van der Waals surface area contributed by atoms with Gasteiger partial charge >= 0.3 is 6.16 Å². The van der Waals surface area contributed by atoms with Gasteiger partial charge in [0.05, 0.1) is 0 Å². The van der Waals surface area contributed by atoms with E-state index in [0.29, 0.717) is 10.8 Å². The Morgan fingerprint density at radius 2 is 1.68 bits per heavy atom. The number of benzene rings is 2. The summed E-state index contributed by atoms with van der Waals surface area (Å²) in [7, 11) is 0. The molecule has 0 heterocycles. The topological polar surface area (TPSA) is 35.5 Å². The van der Waals surface area contributed by atoms with Gasteiger partial charge in [-0.05, 0) is 32.9 Å². The van der Waals surface area contributed by atoms with E-state index in [4.69, 9.17) is 21.1 Å². The summed E-state index contributed by atoms with van der Waals surface area (Å²) < 4.78 is 10.4. The Morgan fingerprint density at radius 3 is 2.32 bits per heavy atom. The van der Waals surface area contributed by atoms with Crippen LogP contribution in [-0.4, -0.2) is 11.8 Å². The number of hydrogen-bond donors (Lipinski definition) is 0. The zero-order chi connectivity index (χ0) is 14.0. The molecule has 2 aromatic rings. The predicted octanol–water partition coefficient (Wildman–Crippen LogP) is 4.81. The number of halogens is 1. The van der Waals surface area contributed by atoms with E-state index in [0.717, 1.165) is 10.8 Å². The van der Waals surface area contributed by atoms with Gasteiger partial charge < -0.3 is 9.47 Å². The van der Waals surface area contributed by atoms with Gasteiger partial charge in [0.25, 0.3) is 0 Å². The number of carbonyl (C=O) groups is 1. The molecule has 3 nitrogen and oxygen atoms in total. The highest BCUT2D eigenvalue weighted by Gasteiger charge is 2.19. The van der Waals surface area contributed by atoms with Crippen molar-refractivity contribution in [1.82, 2.24) is 0 Å². The van der Waals surface area contributed by atoms with Crippen molar-refractivity contribution in [2.45, 2.75) is 26.4 Å². The van der Waals surface area contributed by atoms with E-state index in [-0.39, 0.29) is 0 Å².